The summed E-state index contributed by atoms with van der Waals surface area (Å²) in [6.07, 6.45) is 7.77. The van der Waals surface area contributed by atoms with Gasteiger partial charge in [0.05, 0.1) is 5.56 Å². The van der Waals surface area contributed by atoms with Crippen molar-refractivity contribution in [2.75, 3.05) is 12.0 Å². The molecule has 5 heteroatoms. The summed E-state index contributed by atoms with van der Waals surface area (Å²) >= 11 is 0. The van der Waals surface area contributed by atoms with Gasteiger partial charge in [0.1, 0.15) is 5.82 Å². The van der Waals surface area contributed by atoms with Crippen LogP contribution in [-0.4, -0.2) is 28.4 Å². The van der Waals surface area contributed by atoms with Crippen LogP contribution in [0.1, 0.15) is 42.5 Å². The first-order chi connectivity index (χ1) is 9.29. The van der Waals surface area contributed by atoms with E-state index in [-0.39, 0.29) is 5.91 Å². The van der Waals surface area contributed by atoms with Crippen LogP contribution in [0, 0.1) is 5.92 Å². The Hall–Kier alpha value is -1.62. The topological polar surface area (TPSA) is 71.2 Å². The summed E-state index contributed by atoms with van der Waals surface area (Å²) < 4.78 is 0. The Morgan fingerprint density at radius 3 is 2.89 bits per heavy atom. The molecule has 2 atom stereocenters. The molecule has 3 N–H and O–H groups in total. The van der Waals surface area contributed by atoms with Crippen LogP contribution in [0.4, 0.5) is 5.82 Å². The van der Waals surface area contributed by atoms with Gasteiger partial charge in [0.15, 0.2) is 0 Å². The third kappa shape index (κ3) is 2.30. The first kappa shape index (κ1) is 12.4. The van der Waals surface area contributed by atoms with E-state index in [1.807, 2.05) is 0 Å². The molecule has 1 saturated carbocycles. The minimum Gasteiger partial charge on any atom is -0.335 e. The van der Waals surface area contributed by atoms with Crippen molar-refractivity contribution in [3.63, 3.8) is 0 Å². The number of nitrogens with two attached hydrogens (primary N) is 1. The maximum absolute atomic E-state index is 12.5. The third-order valence-electron chi connectivity index (χ3n) is 4.43. The Morgan fingerprint density at radius 1 is 1.32 bits per heavy atom. The van der Waals surface area contributed by atoms with Gasteiger partial charge < -0.3 is 10.3 Å². The van der Waals surface area contributed by atoms with Crippen molar-refractivity contribution in [2.45, 2.75) is 38.1 Å². The maximum Gasteiger partial charge on any atom is 0.255 e. The molecule has 3 rings (SSSR count). The van der Waals surface area contributed by atoms with Crippen LogP contribution in [0.3, 0.4) is 0 Å². The molecule has 1 aromatic heterocycles. The van der Waals surface area contributed by atoms with Crippen LogP contribution in [0.2, 0.25) is 0 Å². The molecule has 5 nitrogen and oxygen atoms in total. The number of anilines is 1. The Kier molecular flexibility index (Phi) is 3.38. The normalized spacial score (nSPS) is 26.1. The number of nitrogen functional groups attached to an aromatic ring is 1. The van der Waals surface area contributed by atoms with Gasteiger partial charge in [0, 0.05) is 18.8 Å². The van der Waals surface area contributed by atoms with E-state index in [1.54, 1.807) is 18.3 Å². The van der Waals surface area contributed by atoms with Crippen molar-refractivity contribution in [3.8, 4) is 0 Å². The predicted octanol–water partition coefficient (Wildman–Crippen LogP) is 1.77. The van der Waals surface area contributed by atoms with E-state index in [2.05, 4.69) is 15.3 Å². The van der Waals surface area contributed by atoms with Crippen molar-refractivity contribution in [1.82, 2.24) is 9.88 Å². The summed E-state index contributed by atoms with van der Waals surface area (Å²) in [4.78, 5) is 18.7. The highest BCUT2D eigenvalue weighted by Crippen LogP contribution is 2.36. The quantitative estimate of drug-likeness (QED) is 0.628. The van der Waals surface area contributed by atoms with E-state index in [0.29, 0.717) is 17.4 Å². The smallest absolute Gasteiger partial charge is 0.255 e. The van der Waals surface area contributed by atoms with Crippen LogP contribution in [0.25, 0.3) is 0 Å². The predicted molar refractivity (Wildman–Crippen MR) is 73.4 cm³/mol. The van der Waals surface area contributed by atoms with E-state index in [4.69, 9.17) is 5.84 Å². The molecular formula is C14H20N4O. The number of carbonyl (C=O) groups excluding carboxylic acids is 1. The Balaban J connectivity index is 1.75. The van der Waals surface area contributed by atoms with E-state index in [9.17, 15) is 4.79 Å². The van der Waals surface area contributed by atoms with Crippen LogP contribution in [-0.2, 0) is 0 Å². The van der Waals surface area contributed by atoms with Crippen molar-refractivity contribution >= 4 is 11.7 Å². The molecule has 1 aromatic rings. The Bertz CT molecular complexity index is 459. The van der Waals surface area contributed by atoms with Gasteiger partial charge in [-0.05, 0) is 37.3 Å². The van der Waals surface area contributed by atoms with Crippen molar-refractivity contribution in [2.24, 2.45) is 11.8 Å². The van der Waals surface area contributed by atoms with Crippen LogP contribution in [0.5, 0.6) is 0 Å². The summed E-state index contributed by atoms with van der Waals surface area (Å²) in [6, 6.07) is 3.98. The van der Waals surface area contributed by atoms with E-state index < -0.39 is 0 Å². The van der Waals surface area contributed by atoms with Gasteiger partial charge in [-0.1, -0.05) is 12.8 Å². The van der Waals surface area contributed by atoms with Gasteiger partial charge in [-0.3, -0.25) is 4.79 Å². The number of aromatic nitrogens is 1. The largest absolute Gasteiger partial charge is 0.335 e. The number of hydrogen-bond donors (Lipinski definition) is 2. The summed E-state index contributed by atoms with van der Waals surface area (Å²) in [6.45, 7) is 0.894. The minimum absolute atomic E-state index is 0.116. The SMILES string of the molecule is NNc1ccc(C(=O)N2CCC3CCCCC32)cn1. The molecule has 2 fully saturated rings. The fourth-order valence-corrected chi connectivity index (χ4v) is 3.43. The second kappa shape index (κ2) is 5.17. The number of likely N-dealkylation sites (tertiary alicyclic amines) is 1. The molecule has 0 aromatic carbocycles. The van der Waals surface area contributed by atoms with Gasteiger partial charge in [-0.2, -0.15) is 0 Å². The number of amides is 1. The van der Waals surface area contributed by atoms with Crippen LogP contribution < -0.4 is 11.3 Å². The molecule has 19 heavy (non-hydrogen) atoms. The van der Waals surface area contributed by atoms with Crippen molar-refractivity contribution in [1.29, 1.82) is 0 Å². The fourth-order valence-electron chi connectivity index (χ4n) is 3.43. The third-order valence-corrected chi connectivity index (χ3v) is 4.43. The Morgan fingerprint density at radius 2 is 2.16 bits per heavy atom. The van der Waals surface area contributed by atoms with Gasteiger partial charge >= 0.3 is 0 Å². The van der Waals surface area contributed by atoms with Gasteiger partial charge in [-0.15, -0.1) is 0 Å². The zero-order valence-corrected chi connectivity index (χ0v) is 11.0. The molecule has 0 spiro atoms. The average molecular weight is 260 g/mol. The monoisotopic (exact) mass is 260 g/mol. The molecule has 0 bridgehead atoms. The Labute approximate surface area is 113 Å². The second-order valence-corrected chi connectivity index (χ2v) is 5.48. The van der Waals surface area contributed by atoms with Gasteiger partial charge in [0.2, 0.25) is 0 Å². The molecule has 1 saturated heterocycles. The van der Waals surface area contributed by atoms with Crippen molar-refractivity contribution < 1.29 is 4.79 Å². The highest BCUT2D eigenvalue weighted by Gasteiger charge is 2.38. The zero-order valence-electron chi connectivity index (χ0n) is 11.0. The number of hydrazine groups is 1. The summed E-state index contributed by atoms with van der Waals surface area (Å²) in [5, 5.41) is 0. The summed E-state index contributed by atoms with van der Waals surface area (Å²) in [5.41, 5.74) is 3.13. The molecule has 0 radical (unpaired) electrons. The number of hydrogen-bond acceptors (Lipinski definition) is 4. The molecule has 1 aliphatic heterocycles. The molecule has 1 amide bonds. The van der Waals surface area contributed by atoms with Crippen LogP contribution in [0.15, 0.2) is 18.3 Å². The standard InChI is InChI=1S/C14H20N4O/c15-17-13-6-5-11(9-16-13)14(19)18-8-7-10-3-1-2-4-12(10)18/h5-6,9-10,12H,1-4,7-8,15H2,(H,16,17). The number of nitrogens with one attached hydrogen (secondary N) is 1. The van der Waals surface area contributed by atoms with Gasteiger partial charge in [-0.25, -0.2) is 10.8 Å². The van der Waals surface area contributed by atoms with Crippen LogP contribution >= 0.6 is 0 Å². The lowest BCUT2D eigenvalue weighted by molar-refractivity contribution is 0.0689. The lowest BCUT2D eigenvalue weighted by Gasteiger charge is -2.31. The highest BCUT2D eigenvalue weighted by atomic mass is 16.2. The zero-order chi connectivity index (χ0) is 13.2. The lowest BCUT2D eigenvalue weighted by atomic mass is 9.85. The molecule has 2 heterocycles. The second-order valence-electron chi connectivity index (χ2n) is 5.48. The minimum atomic E-state index is 0.116. The van der Waals surface area contributed by atoms with E-state index >= 15 is 0 Å². The molecule has 2 unspecified atom stereocenters. The average Bonchev–Trinajstić information content (AvgIpc) is 2.90. The first-order valence-electron chi connectivity index (χ1n) is 7.03. The fraction of sp³-hybridized carbons (Fsp3) is 0.571. The molecule has 1 aliphatic carbocycles. The lowest BCUT2D eigenvalue weighted by Crippen LogP contribution is -2.39. The first-order valence-corrected chi connectivity index (χ1v) is 7.03. The number of pyridine rings is 1. The van der Waals surface area contributed by atoms with E-state index in [0.717, 1.165) is 25.3 Å². The number of rotatable bonds is 2. The van der Waals surface area contributed by atoms with Crippen molar-refractivity contribution in [3.05, 3.63) is 23.9 Å². The number of carbonyl (C=O) groups is 1. The molecule has 2 aliphatic rings. The van der Waals surface area contributed by atoms with E-state index in [1.165, 1.54) is 19.3 Å². The summed E-state index contributed by atoms with van der Waals surface area (Å²) in [5.74, 6) is 6.69. The van der Waals surface area contributed by atoms with Gasteiger partial charge in [0.25, 0.3) is 5.91 Å². The number of fused-ring (bicyclic) bond motifs is 1. The highest BCUT2D eigenvalue weighted by molar-refractivity contribution is 5.94. The number of nitrogens with zero attached hydrogens (tertiary/aromatic N) is 2. The molecular weight excluding hydrogens is 240 g/mol. The maximum atomic E-state index is 12.5. The molecule has 102 valence electrons. The summed E-state index contributed by atoms with van der Waals surface area (Å²) in [7, 11) is 0.